The van der Waals surface area contributed by atoms with Gasteiger partial charge in [0.25, 0.3) is 0 Å². The van der Waals surface area contributed by atoms with Gasteiger partial charge >= 0.3 is 0 Å². The number of hydrogen-bond acceptors (Lipinski definition) is 3. The highest BCUT2D eigenvalue weighted by atomic mass is 16.3. The molecular formula is C13H16N2O2. The first-order valence-electron chi connectivity index (χ1n) is 5.56. The van der Waals surface area contributed by atoms with Crippen molar-refractivity contribution in [1.82, 2.24) is 9.88 Å². The van der Waals surface area contributed by atoms with Gasteiger partial charge in [-0.1, -0.05) is 6.07 Å². The predicted molar refractivity (Wildman–Crippen MR) is 67.5 cm³/mol. The maximum absolute atomic E-state index is 12.0. The van der Waals surface area contributed by atoms with Crippen LogP contribution in [-0.4, -0.2) is 41.4 Å². The lowest BCUT2D eigenvalue weighted by molar-refractivity contribution is 0.0974. The Kier molecular flexibility index (Phi) is 3.15. The number of aromatic hydroxyl groups is 1. The molecule has 0 aliphatic carbocycles. The zero-order chi connectivity index (χ0) is 12.4. The third kappa shape index (κ3) is 2.31. The van der Waals surface area contributed by atoms with Crippen LogP contribution in [0.25, 0.3) is 10.9 Å². The quantitative estimate of drug-likeness (QED) is 0.793. The van der Waals surface area contributed by atoms with Crippen LogP contribution in [0.5, 0.6) is 5.75 Å². The molecule has 1 aromatic carbocycles. The van der Waals surface area contributed by atoms with Gasteiger partial charge in [-0.15, -0.1) is 0 Å². The van der Waals surface area contributed by atoms with E-state index in [1.165, 1.54) is 0 Å². The summed E-state index contributed by atoms with van der Waals surface area (Å²) in [6.07, 6.45) is 2.12. The van der Waals surface area contributed by atoms with Gasteiger partial charge in [0.05, 0.1) is 5.39 Å². The Labute approximate surface area is 99.9 Å². The molecule has 4 heteroatoms. The van der Waals surface area contributed by atoms with Crippen LogP contribution in [0, 0.1) is 0 Å². The normalized spacial score (nSPS) is 11.2. The molecule has 0 unspecified atom stereocenters. The van der Waals surface area contributed by atoms with E-state index >= 15 is 0 Å². The summed E-state index contributed by atoms with van der Waals surface area (Å²) in [5, 5.41) is 10.4. The van der Waals surface area contributed by atoms with Crippen LogP contribution in [0.15, 0.2) is 24.4 Å². The number of phenolic OH excluding ortho intramolecular Hbond substituents is 1. The monoisotopic (exact) mass is 232 g/mol. The highest BCUT2D eigenvalue weighted by Crippen LogP contribution is 2.28. The number of phenols is 1. The molecular weight excluding hydrogens is 216 g/mol. The Morgan fingerprint density at radius 2 is 2.18 bits per heavy atom. The molecule has 2 rings (SSSR count). The number of nitrogens with zero attached hydrogens (tertiary/aromatic N) is 1. The van der Waals surface area contributed by atoms with Gasteiger partial charge in [-0.05, 0) is 26.2 Å². The minimum absolute atomic E-state index is 0.0476. The Bertz CT molecular complexity index is 543. The molecule has 1 aromatic heterocycles. The second-order valence-electron chi connectivity index (χ2n) is 4.38. The second-order valence-corrected chi connectivity index (χ2v) is 4.38. The molecule has 4 nitrogen and oxygen atoms in total. The summed E-state index contributed by atoms with van der Waals surface area (Å²) in [4.78, 5) is 17.0. The maximum atomic E-state index is 12.0. The number of rotatable bonds is 4. The van der Waals surface area contributed by atoms with Crippen LogP contribution in [0.1, 0.15) is 16.8 Å². The fourth-order valence-electron chi connectivity index (χ4n) is 1.85. The van der Waals surface area contributed by atoms with Crippen molar-refractivity contribution in [3.05, 3.63) is 30.0 Å². The summed E-state index contributed by atoms with van der Waals surface area (Å²) >= 11 is 0. The summed E-state index contributed by atoms with van der Waals surface area (Å²) in [5.74, 6) is 0.198. The molecule has 1 heterocycles. The molecule has 2 aromatic rings. The van der Waals surface area contributed by atoms with Gasteiger partial charge in [-0.3, -0.25) is 4.79 Å². The lowest BCUT2D eigenvalue weighted by Crippen LogP contribution is -2.16. The first-order valence-corrected chi connectivity index (χ1v) is 5.56. The minimum Gasteiger partial charge on any atom is -0.507 e. The number of carbonyl (C=O) groups excluding carboxylic acids is 1. The number of ketones is 1. The summed E-state index contributed by atoms with van der Waals surface area (Å²) in [6, 6.07) is 5.19. The standard InChI is InChI=1S/C13H16N2O2/c1-15(2)7-6-11(16)9-8-14-10-4-3-5-12(17)13(9)10/h3-5,8,14,17H,6-7H2,1-2H3. The molecule has 0 bridgehead atoms. The van der Waals surface area contributed by atoms with Gasteiger partial charge in [0.15, 0.2) is 5.78 Å². The number of nitrogens with one attached hydrogen (secondary N) is 1. The zero-order valence-electron chi connectivity index (χ0n) is 10.0. The van der Waals surface area contributed by atoms with E-state index in [-0.39, 0.29) is 11.5 Å². The highest BCUT2D eigenvalue weighted by Gasteiger charge is 2.14. The van der Waals surface area contributed by atoms with Crippen LogP contribution in [-0.2, 0) is 0 Å². The summed E-state index contributed by atoms with van der Waals surface area (Å²) in [7, 11) is 3.86. The highest BCUT2D eigenvalue weighted by molar-refractivity contribution is 6.09. The fourth-order valence-corrected chi connectivity index (χ4v) is 1.85. The molecule has 0 aliphatic rings. The van der Waals surface area contributed by atoms with Crippen LogP contribution in [0.3, 0.4) is 0 Å². The molecule has 2 N–H and O–H groups in total. The minimum atomic E-state index is 0.0476. The van der Waals surface area contributed by atoms with E-state index in [0.29, 0.717) is 23.9 Å². The van der Waals surface area contributed by atoms with Crippen molar-refractivity contribution in [2.24, 2.45) is 0 Å². The smallest absolute Gasteiger partial charge is 0.166 e. The topological polar surface area (TPSA) is 56.3 Å². The Balaban J connectivity index is 2.32. The lowest BCUT2D eigenvalue weighted by Gasteiger charge is -2.07. The number of Topliss-reactive ketones (excluding diaryl/α,β-unsaturated/α-hetero) is 1. The largest absolute Gasteiger partial charge is 0.507 e. The van der Waals surface area contributed by atoms with Gasteiger partial charge in [-0.25, -0.2) is 0 Å². The van der Waals surface area contributed by atoms with Gasteiger partial charge in [0, 0.05) is 30.2 Å². The van der Waals surface area contributed by atoms with Crippen molar-refractivity contribution in [2.45, 2.75) is 6.42 Å². The molecule has 0 saturated carbocycles. The first-order chi connectivity index (χ1) is 8.09. The van der Waals surface area contributed by atoms with E-state index in [1.54, 1.807) is 18.3 Å². The third-order valence-corrected chi connectivity index (χ3v) is 2.77. The zero-order valence-corrected chi connectivity index (χ0v) is 10.0. The van der Waals surface area contributed by atoms with E-state index in [1.807, 2.05) is 25.1 Å². The summed E-state index contributed by atoms with van der Waals surface area (Å²) in [5.41, 5.74) is 1.36. The number of fused-ring (bicyclic) bond motifs is 1. The number of benzene rings is 1. The molecule has 0 radical (unpaired) electrons. The number of aromatic amines is 1. The Morgan fingerprint density at radius 1 is 1.41 bits per heavy atom. The van der Waals surface area contributed by atoms with Crippen molar-refractivity contribution in [1.29, 1.82) is 0 Å². The number of aromatic nitrogens is 1. The van der Waals surface area contributed by atoms with E-state index in [9.17, 15) is 9.90 Å². The average molecular weight is 232 g/mol. The van der Waals surface area contributed by atoms with Crippen molar-refractivity contribution in [2.75, 3.05) is 20.6 Å². The first kappa shape index (κ1) is 11.7. The fraction of sp³-hybridized carbons (Fsp3) is 0.308. The van der Waals surface area contributed by atoms with Crippen molar-refractivity contribution >= 4 is 16.7 Å². The van der Waals surface area contributed by atoms with Crippen molar-refractivity contribution in [3.8, 4) is 5.75 Å². The molecule has 90 valence electrons. The number of carbonyl (C=O) groups is 1. The average Bonchev–Trinajstić information content (AvgIpc) is 2.71. The summed E-state index contributed by atoms with van der Waals surface area (Å²) in [6.45, 7) is 0.707. The van der Waals surface area contributed by atoms with Gasteiger partial charge in [-0.2, -0.15) is 0 Å². The lowest BCUT2D eigenvalue weighted by atomic mass is 10.1. The number of hydrogen-bond donors (Lipinski definition) is 2. The molecule has 0 atom stereocenters. The predicted octanol–water partition coefficient (Wildman–Crippen LogP) is 2.01. The van der Waals surface area contributed by atoms with E-state index in [2.05, 4.69) is 4.98 Å². The maximum Gasteiger partial charge on any atom is 0.166 e. The van der Waals surface area contributed by atoms with E-state index in [4.69, 9.17) is 0 Å². The molecule has 0 aliphatic heterocycles. The van der Waals surface area contributed by atoms with Crippen LogP contribution in [0.4, 0.5) is 0 Å². The Morgan fingerprint density at radius 3 is 2.88 bits per heavy atom. The molecule has 0 amide bonds. The van der Waals surface area contributed by atoms with Crippen molar-refractivity contribution < 1.29 is 9.90 Å². The number of H-pyrrole nitrogens is 1. The van der Waals surface area contributed by atoms with Crippen LogP contribution >= 0.6 is 0 Å². The molecule has 0 fully saturated rings. The van der Waals surface area contributed by atoms with Gasteiger partial charge in [0.1, 0.15) is 5.75 Å². The van der Waals surface area contributed by atoms with E-state index in [0.717, 1.165) is 5.52 Å². The summed E-state index contributed by atoms with van der Waals surface area (Å²) < 4.78 is 0. The Hall–Kier alpha value is -1.81. The van der Waals surface area contributed by atoms with Gasteiger partial charge in [0.2, 0.25) is 0 Å². The van der Waals surface area contributed by atoms with Crippen LogP contribution in [0.2, 0.25) is 0 Å². The SMILES string of the molecule is CN(C)CCC(=O)c1c[nH]c2cccc(O)c12. The van der Waals surface area contributed by atoms with Crippen LogP contribution < -0.4 is 0 Å². The molecule has 17 heavy (non-hydrogen) atoms. The molecule has 0 saturated heterocycles. The van der Waals surface area contributed by atoms with Crippen molar-refractivity contribution in [3.63, 3.8) is 0 Å². The van der Waals surface area contributed by atoms with E-state index < -0.39 is 0 Å². The van der Waals surface area contributed by atoms with Gasteiger partial charge < -0.3 is 15.0 Å². The molecule has 0 spiro atoms. The third-order valence-electron chi connectivity index (χ3n) is 2.77. The second kappa shape index (κ2) is 4.59.